The van der Waals surface area contributed by atoms with Crippen LogP contribution in [0, 0.1) is 5.41 Å². The molecule has 0 nitrogen and oxygen atoms in total. The van der Waals surface area contributed by atoms with E-state index in [4.69, 9.17) is 0 Å². The maximum Gasteiger partial charge on any atom is -0.0162 e. The monoisotopic (exact) mass is 286 g/mol. The van der Waals surface area contributed by atoms with Crippen LogP contribution in [-0.2, 0) is 0 Å². The molecular formula is C21H34. The van der Waals surface area contributed by atoms with Crippen molar-refractivity contribution in [3.05, 3.63) is 35.4 Å². The molecule has 0 heteroatoms. The van der Waals surface area contributed by atoms with Crippen molar-refractivity contribution in [1.29, 1.82) is 0 Å². The molecule has 0 aromatic heterocycles. The van der Waals surface area contributed by atoms with Gasteiger partial charge in [0.2, 0.25) is 0 Å². The quantitative estimate of drug-likeness (QED) is 0.525. The van der Waals surface area contributed by atoms with Crippen LogP contribution in [0.15, 0.2) is 24.3 Å². The van der Waals surface area contributed by atoms with Gasteiger partial charge in [-0.1, -0.05) is 64.8 Å². The highest BCUT2D eigenvalue weighted by Gasteiger charge is 2.33. The Morgan fingerprint density at radius 1 is 0.952 bits per heavy atom. The van der Waals surface area contributed by atoms with Gasteiger partial charge in [0, 0.05) is 0 Å². The first-order chi connectivity index (χ1) is 10.1. The first-order valence-corrected chi connectivity index (χ1v) is 9.20. The van der Waals surface area contributed by atoms with E-state index in [1.54, 1.807) is 5.56 Å². The molecule has 1 aromatic carbocycles. The van der Waals surface area contributed by atoms with E-state index < -0.39 is 0 Å². The summed E-state index contributed by atoms with van der Waals surface area (Å²) in [6, 6.07) is 9.49. The average Bonchev–Trinajstić information content (AvgIpc) is 2.49. The molecule has 118 valence electrons. The van der Waals surface area contributed by atoms with Crippen LogP contribution >= 0.6 is 0 Å². The van der Waals surface area contributed by atoms with Crippen molar-refractivity contribution < 1.29 is 0 Å². The van der Waals surface area contributed by atoms with Gasteiger partial charge in [-0.3, -0.25) is 0 Å². The lowest BCUT2D eigenvalue weighted by Gasteiger charge is -2.40. The molecule has 2 rings (SSSR count). The van der Waals surface area contributed by atoms with E-state index in [0.29, 0.717) is 11.3 Å². The van der Waals surface area contributed by atoms with E-state index in [-0.39, 0.29) is 0 Å². The first-order valence-electron chi connectivity index (χ1n) is 9.20. The molecule has 0 aliphatic heterocycles. The summed E-state index contributed by atoms with van der Waals surface area (Å²) in [6.45, 7) is 9.27. The minimum Gasteiger partial charge on any atom is -0.0654 e. The van der Waals surface area contributed by atoms with E-state index in [2.05, 4.69) is 52.0 Å². The largest absolute Gasteiger partial charge is 0.0654 e. The zero-order valence-corrected chi connectivity index (χ0v) is 14.6. The second-order valence-corrected chi connectivity index (χ2v) is 7.60. The molecule has 1 fully saturated rings. The molecule has 1 aromatic rings. The SMILES string of the molecule is CCCC1(CCC)CCC(c2ccc(C(C)C)cc2)CC1. The highest BCUT2D eigenvalue weighted by atomic mass is 14.4. The van der Waals surface area contributed by atoms with Crippen molar-refractivity contribution >= 4 is 0 Å². The summed E-state index contributed by atoms with van der Waals surface area (Å²) >= 11 is 0. The minimum atomic E-state index is 0.646. The third kappa shape index (κ3) is 4.11. The molecule has 1 aliphatic carbocycles. The maximum absolute atomic E-state index is 2.40. The van der Waals surface area contributed by atoms with Gasteiger partial charge in [-0.05, 0) is 66.9 Å². The van der Waals surface area contributed by atoms with Crippen molar-refractivity contribution in [1.82, 2.24) is 0 Å². The summed E-state index contributed by atoms with van der Waals surface area (Å²) in [5.41, 5.74) is 3.74. The lowest BCUT2D eigenvalue weighted by atomic mass is 9.65. The first kappa shape index (κ1) is 16.6. The summed E-state index contributed by atoms with van der Waals surface area (Å²) < 4.78 is 0. The number of hydrogen-bond acceptors (Lipinski definition) is 0. The minimum absolute atomic E-state index is 0.646. The summed E-state index contributed by atoms with van der Waals surface area (Å²) in [7, 11) is 0. The zero-order chi connectivity index (χ0) is 15.3. The fourth-order valence-corrected chi connectivity index (χ4v) is 4.40. The molecule has 21 heavy (non-hydrogen) atoms. The fourth-order valence-electron chi connectivity index (χ4n) is 4.40. The molecule has 0 N–H and O–H groups in total. The van der Waals surface area contributed by atoms with Gasteiger partial charge < -0.3 is 0 Å². The highest BCUT2D eigenvalue weighted by molar-refractivity contribution is 5.27. The van der Waals surface area contributed by atoms with Gasteiger partial charge in [-0.2, -0.15) is 0 Å². The molecule has 1 saturated carbocycles. The molecule has 0 spiro atoms. The normalized spacial score (nSPS) is 19.1. The molecule has 0 bridgehead atoms. The van der Waals surface area contributed by atoms with Crippen molar-refractivity contribution in [3.8, 4) is 0 Å². The van der Waals surface area contributed by atoms with Gasteiger partial charge in [0.15, 0.2) is 0 Å². The lowest BCUT2D eigenvalue weighted by molar-refractivity contribution is 0.142. The standard InChI is InChI=1S/C21H34/c1-5-13-21(14-6-2)15-11-20(12-16-21)19-9-7-18(8-10-19)17(3)4/h7-10,17,20H,5-6,11-16H2,1-4H3. The number of benzene rings is 1. The van der Waals surface area contributed by atoms with Gasteiger partial charge >= 0.3 is 0 Å². The Labute approximate surface area is 132 Å². The van der Waals surface area contributed by atoms with E-state index >= 15 is 0 Å². The Kier molecular flexibility index (Phi) is 5.90. The number of rotatable bonds is 6. The van der Waals surface area contributed by atoms with Crippen LogP contribution in [0.25, 0.3) is 0 Å². The molecule has 0 radical (unpaired) electrons. The van der Waals surface area contributed by atoms with Crippen molar-refractivity contribution in [2.24, 2.45) is 5.41 Å². The third-order valence-corrected chi connectivity index (χ3v) is 5.68. The van der Waals surface area contributed by atoms with Crippen LogP contribution in [-0.4, -0.2) is 0 Å². The smallest absolute Gasteiger partial charge is 0.0162 e. The second-order valence-electron chi connectivity index (χ2n) is 7.60. The van der Waals surface area contributed by atoms with Gasteiger partial charge in [0.25, 0.3) is 0 Å². The van der Waals surface area contributed by atoms with Crippen LogP contribution in [0.2, 0.25) is 0 Å². The van der Waals surface area contributed by atoms with Crippen molar-refractivity contribution in [3.63, 3.8) is 0 Å². The van der Waals surface area contributed by atoms with Crippen LogP contribution in [0.4, 0.5) is 0 Å². The summed E-state index contributed by atoms with van der Waals surface area (Å²) in [6.07, 6.45) is 11.3. The Morgan fingerprint density at radius 2 is 1.48 bits per heavy atom. The Balaban J connectivity index is 1.99. The van der Waals surface area contributed by atoms with Gasteiger partial charge in [0.1, 0.15) is 0 Å². The van der Waals surface area contributed by atoms with E-state index in [1.807, 2.05) is 0 Å². The Bertz CT molecular complexity index is 396. The Morgan fingerprint density at radius 3 is 1.90 bits per heavy atom. The van der Waals surface area contributed by atoms with Crippen molar-refractivity contribution in [2.45, 2.75) is 90.9 Å². The van der Waals surface area contributed by atoms with Gasteiger partial charge in [-0.25, -0.2) is 0 Å². The predicted octanol–water partition coefficient (Wildman–Crippen LogP) is 7.05. The van der Waals surface area contributed by atoms with Crippen LogP contribution < -0.4 is 0 Å². The molecule has 0 unspecified atom stereocenters. The lowest BCUT2D eigenvalue weighted by Crippen LogP contribution is -2.26. The van der Waals surface area contributed by atoms with Crippen LogP contribution in [0.3, 0.4) is 0 Å². The van der Waals surface area contributed by atoms with Crippen LogP contribution in [0.5, 0.6) is 0 Å². The molecule has 1 aliphatic rings. The molecular weight excluding hydrogens is 252 g/mol. The second kappa shape index (κ2) is 7.47. The molecule has 0 atom stereocenters. The predicted molar refractivity (Wildman–Crippen MR) is 94.0 cm³/mol. The third-order valence-electron chi connectivity index (χ3n) is 5.68. The van der Waals surface area contributed by atoms with Gasteiger partial charge in [0.05, 0.1) is 0 Å². The van der Waals surface area contributed by atoms with E-state index in [9.17, 15) is 0 Å². The van der Waals surface area contributed by atoms with E-state index in [1.165, 1.54) is 56.9 Å². The van der Waals surface area contributed by atoms with Crippen LogP contribution in [0.1, 0.15) is 102 Å². The fraction of sp³-hybridized carbons (Fsp3) is 0.714. The molecule has 0 heterocycles. The zero-order valence-electron chi connectivity index (χ0n) is 14.6. The Hall–Kier alpha value is -0.780. The maximum atomic E-state index is 2.40. The summed E-state index contributed by atoms with van der Waals surface area (Å²) in [5, 5.41) is 0. The summed E-state index contributed by atoms with van der Waals surface area (Å²) in [5.74, 6) is 1.46. The molecule has 0 saturated heterocycles. The highest BCUT2D eigenvalue weighted by Crippen LogP contribution is 2.48. The summed E-state index contributed by atoms with van der Waals surface area (Å²) in [4.78, 5) is 0. The van der Waals surface area contributed by atoms with E-state index in [0.717, 1.165) is 5.92 Å². The van der Waals surface area contributed by atoms with Crippen molar-refractivity contribution in [2.75, 3.05) is 0 Å². The number of hydrogen-bond donors (Lipinski definition) is 0. The van der Waals surface area contributed by atoms with Gasteiger partial charge in [-0.15, -0.1) is 0 Å². The average molecular weight is 287 g/mol. The topological polar surface area (TPSA) is 0 Å². The molecule has 0 amide bonds.